The van der Waals surface area contributed by atoms with Crippen molar-refractivity contribution >= 4 is 21.2 Å². The molecule has 0 spiro atoms. The van der Waals surface area contributed by atoms with Gasteiger partial charge in [0.25, 0.3) is 0 Å². The van der Waals surface area contributed by atoms with Gasteiger partial charge in [-0.3, -0.25) is 0 Å². The number of thiazole rings is 1. The van der Waals surface area contributed by atoms with Crippen LogP contribution in [0.1, 0.15) is 36.3 Å². The molecule has 0 aliphatic carbocycles. The number of hydrogen-bond acceptors (Lipinski definition) is 5. The van der Waals surface area contributed by atoms with Crippen LogP contribution in [-0.2, 0) is 22.0 Å². The van der Waals surface area contributed by atoms with Crippen molar-refractivity contribution in [2.75, 3.05) is 0 Å². The number of nitrogens with zero attached hydrogens (tertiary/aromatic N) is 2. The van der Waals surface area contributed by atoms with Crippen LogP contribution < -0.4 is 0 Å². The Bertz CT molecular complexity index is 509. The monoisotopic (exact) mass is 258 g/mol. The molecule has 0 unspecified atom stereocenters. The molecule has 1 aromatic heterocycles. The minimum absolute atomic E-state index is 0.0655. The van der Waals surface area contributed by atoms with Gasteiger partial charge in [0.15, 0.2) is 9.84 Å². The maximum absolute atomic E-state index is 11.7. The van der Waals surface area contributed by atoms with Gasteiger partial charge in [0.2, 0.25) is 0 Å². The molecule has 0 aromatic carbocycles. The molecule has 0 atom stereocenters. The summed E-state index contributed by atoms with van der Waals surface area (Å²) in [7, 11) is -3.13. The molecular formula is C10H14N2O2S2. The average Bonchev–Trinajstić information content (AvgIpc) is 2.59. The number of aromatic nitrogens is 1. The van der Waals surface area contributed by atoms with E-state index in [9.17, 15) is 8.42 Å². The van der Waals surface area contributed by atoms with E-state index in [1.165, 1.54) is 11.3 Å². The molecule has 6 heteroatoms. The van der Waals surface area contributed by atoms with E-state index in [2.05, 4.69) is 4.98 Å². The summed E-state index contributed by atoms with van der Waals surface area (Å²) < 4.78 is 23.4. The molecule has 16 heavy (non-hydrogen) atoms. The Labute approximate surface area is 99.9 Å². The van der Waals surface area contributed by atoms with Crippen molar-refractivity contribution in [3.63, 3.8) is 0 Å². The van der Waals surface area contributed by atoms with Crippen molar-refractivity contribution < 1.29 is 8.42 Å². The van der Waals surface area contributed by atoms with Gasteiger partial charge >= 0.3 is 0 Å². The fourth-order valence-corrected chi connectivity index (χ4v) is 3.34. The largest absolute Gasteiger partial charge is 0.244 e. The molecule has 0 aliphatic heterocycles. The normalized spacial score (nSPS) is 11.7. The zero-order valence-corrected chi connectivity index (χ0v) is 11.2. The first-order chi connectivity index (χ1) is 7.40. The molecule has 0 aliphatic rings. The second-order valence-corrected chi connectivity index (χ2v) is 7.35. The number of aryl methyl sites for hydroxylation is 1. The van der Waals surface area contributed by atoms with E-state index < -0.39 is 15.1 Å². The number of nitriles is 1. The molecule has 1 rings (SSSR count). The minimum atomic E-state index is -3.13. The molecule has 88 valence electrons. The third kappa shape index (κ3) is 2.80. The molecule has 1 aromatic rings. The molecule has 0 bridgehead atoms. The quantitative estimate of drug-likeness (QED) is 0.827. The molecule has 1 heterocycles. The van der Waals surface area contributed by atoms with Gasteiger partial charge in [-0.2, -0.15) is 5.26 Å². The SMILES string of the molecule is CCc1nc(CS(=O)(=O)C(C)C)sc1C#N. The van der Waals surface area contributed by atoms with Crippen LogP contribution in [0.15, 0.2) is 0 Å². The highest BCUT2D eigenvalue weighted by Crippen LogP contribution is 2.21. The van der Waals surface area contributed by atoms with Gasteiger partial charge in [-0.15, -0.1) is 11.3 Å². The second-order valence-electron chi connectivity index (χ2n) is 3.70. The van der Waals surface area contributed by atoms with E-state index in [1.807, 2.05) is 13.0 Å². The smallest absolute Gasteiger partial charge is 0.159 e. The molecule has 4 nitrogen and oxygen atoms in total. The Hall–Kier alpha value is -0.930. The van der Waals surface area contributed by atoms with Crippen molar-refractivity contribution in [2.24, 2.45) is 0 Å². The minimum Gasteiger partial charge on any atom is -0.244 e. The Morgan fingerprint density at radius 1 is 1.50 bits per heavy atom. The fourth-order valence-electron chi connectivity index (χ4n) is 1.13. The van der Waals surface area contributed by atoms with Gasteiger partial charge in [-0.25, -0.2) is 13.4 Å². The lowest BCUT2D eigenvalue weighted by Crippen LogP contribution is -2.15. The first-order valence-corrected chi connectivity index (χ1v) is 7.54. The average molecular weight is 258 g/mol. The van der Waals surface area contributed by atoms with Gasteiger partial charge in [0, 0.05) is 0 Å². The van der Waals surface area contributed by atoms with Crippen LogP contribution in [0.2, 0.25) is 0 Å². The summed E-state index contributed by atoms with van der Waals surface area (Å²) in [5.41, 5.74) is 0.696. The fraction of sp³-hybridized carbons (Fsp3) is 0.600. The van der Waals surface area contributed by atoms with E-state index in [4.69, 9.17) is 5.26 Å². The van der Waals surface area contributed by atoms with Crippen molar-refractivity contribution in [3.8, 4) is 6.07 Å². The first-order valence-electron chi connectivity index (χ1n) is 5.01. The molecule has 0 radical (unpaired) electrons. The van der Waals surface area contributed by atoms with Gasteiger partial charge in [0.1, 0.15) is 21.7 Å². The van der Waals surface area contributed by atoms with Crippen molar-refractivity contribution in [1.29, 1.82) is 5.26 Å². The maximum Gasteiger partial charge on any atom is 0.159 e. The molecule has 0 fully saturated rings. The summed E-state index contributed by atoms with van der Waals surface area (Å²) in [6.45, 7) is 5.19. The summed E-state index contributed by atoms with van der Waals surface area (Å²) in [6.07, 6.45) is 0.654. The molecule has 0 amide bonds. The molecular weight excluding hydrogens is 244 g/mol. The molecule has 0 saturated carbocycles. The Morgan fingerprint density at radius 2 is 2.12 bits per heavy atom. The second kappa shape index (κ2) is 4.93. The van der Waals surface area contributed by atoms with Crippen LogP contribution in [0.3, 0.4) is 0 Å². The zero-order chi connectivity index (χ0) is 12.3. The van der Waals surface area contributed by atoms with Crippen LogP contribution in [0.5, 0.6) is 0 Å². The summed E-state index contributed by atoms with van der Waals surface area (Å²) in [5, 5.41) is 8.95. The number of rotatable bonds is 4. The summed E-state index contributed by atoms with van der Waals surface area (Å²) in [6, 6.07) is 2.04. The van der Waals surface area contributed by atoms with Crippen LogP contribution >= 0.6 is 11.3 Å². The lowest BCUT2D eigenvalue weighted by atomic mass is 10.3. The Morgan fingerprint density at radius 3 is 2.50 bits per heavy atom. The van der Waals surface area contributed by atoms with E-state index in [1.54, 1.807) is 13.8 Å². The highest BCUT2D eigenvalue weighted by Gasteiger charge is 2.20. The van der Waals surface area contributed by atoms with Crippen LogP contribution in [-0.4, -0.2) is 18.7 Å². The predicted molar refractivity (Wildman–Crippen MR) is 64.0 cm³/mol. The van der Waals surface area contributed by atoms with Gasteiger partial charge in [-0.1, -0.05) is 6.92 Å². The van der Waals surface area contributed by atoms with Crippen molar-refractivity contribution in [2.45, 2.75) is 38.2 Å². The van der Waals surface area contributed by atoms with Crippen molar-refractivity contribution in [3.05, 3.63) is 15.6 Å². The van der Waals surface area contributed by atoms with Crippen LogP contribution in [0.4, 0.5) is 0 Å². The lowest BCUT2D eigenvalue weighted by molar-refractivity contribution is 0.586. The third-order valence-corrected chi connectivity index (χ3v) is 5.52. The van der Waals surface area contributed by atoms with E-state index in [0.717, 1.165) is 0 Å². The van der Waals surface area contributed by atoms with E-state index in [-0.39, 0.29) is 5.75 Å². The standard InChI is InChI=1S/C10H14N2O2S2/c1-4-8-9(5-11)15-10(12-8)6-16(13,14)7(2)3/h7H,4,6H2,1-3H3. The van der Waals surface area contributed by atoms with Crippen LogP contribution in [0, 0.1) is 11.3 Å². The van der Waals surface area contributed by atoms with Crippen molar-refractivity contribution in [1.82, 2.24) is 4.98 Å². The Kier molecular flexibility index (Phi) is 4.05. The highest BCUT2D eigenvalue weighted by atomic mass is 32.2. The number of sulfone groups is 1. The summed E-state index contributed by atoms with van der Waals surface area (Å²) in [5.74, 6) is -0.0655. The Balaban J connectivity index is 3.01. The van der Waals surface area contributed by atoms with E-state index >= 15 is 0 Å². The maximum atomic E-state index is 11.7. The van der Waals surface area contributed by atoms with Gasteiger partial charge < -0.3 is 0 Å². The topological polar surface area (TPSA) is 70.8 Å². The van der Waals surface area contributed by atoms with Gasteiger partial charge in [-0.05, 0) is 20.3 Å². The van der Waals surface area contributed by atoms with Gasteiger partial charge in [0.05, 0.1) is 10.9 Å². The summed E-state index contributed by atoms with van der Waals surface area (Å²) >= 11 is 1.18. The lowest BCUT2D eigenvalue weighted by Gasteiger charge is -2.04. The predicted octanol–water partition coefficient (Wildman–Crippen LogP) is 1.90. The summed E-state index contributed by atoms with van der Waals surface area (Å²) in [4.78, 5) is 4.71. The third-order valence-electron chi connectivity index (χ3n) is 2.22. The number of hydrogen-bond donors (Lipinski definition) is 0. The van der Waals surface area contributed by atoms with E-state index in [0.29, 0.717) is 22.0 Å². The van der Waals surface area contributed by atoms with Crippen LogP contribution in [0.25, 0.3) is 0 Å². The highest BCUT2D eigenvalue weighted by molar-refractivity contribution is 7.91. The molecule has 0 N–H and O–H groups in total. The molecule has 0 saturated heterocycles. The zero-order valence-electron chi connectivity index (χ0n) is 9.52. The first kappa shape index (κ1) is 13.1.